The normalized spacial score (nSPS) is 19.0. The summed E-state index contributed by atoms with van der Waals surface area (Å²) in [6.45, 7) is 2.83. The predicted molar refractivity (Wildman–Crippen MR) is 120 cm³/mol. The molecule has 1 atom stereocenters. The van der Waals surface area contributed by atoms with Crippen molar-refractivity contribution >= 4 is 33.2 Å². The highest BCUT2D eigenvalue weighted by molar-refractivity contribution is 7.89. The molecule has 2 aliphatic rings. The molecule has 0 aromatic heterocycles. The number of hydrogen-bond acceptors (Lipinski definition) is 7. The van der Waals surface area contributed by atoms with Crippen LogP contribution in [0, 0.1) is 0 Å². The molecule has 0 unspecified atom stereocenters. The number of sulfonamides is 1. The first kappa shape index (κ1) is 23.0. The smallest absolute Gasteiger partial charge is 0.267 e. The summed E-state index contributed by atoms with van der Waals surface area (Å²) >= 11 is 0. The maximum atomic E-state index is 12.9. The summed E-state index contributed by atoms with van der Waals surface area (Å²) in [5, 5.41) is 12.7. The molecular formula is C22H25N3O7S. The molecule has 1 saturated heterocycles. The highest BCUT2D eigenvalue weighted by Gasteiger charge is 2.31. The Morgan fingerprint density at radius 2 is 1.91 bits per heavy atom. The van der Waals surface area contributed by atoms with E-state index in [1.165, 1.54) is 27.4 Å². The van der Waals surface area contributed by atoms with Gasteiger partial charge in [0.25, 0.3) is 5.91 Å². The van der Waals surface area contributed by atoms with Gasteiger partial charge in [-0.3, -0.25) is 9.59 Å². The average molecular weight is 476 g/mol. The van der Waals surface area contributed by atoms with E-state index in [1.54, 1.807) is 31.2 Å². The fraction of sp³-hybridized carbons (Fsp3) is 0.364. The lowest BCUT2D eigenvalue weighted by Crippen LogP contribution is -2.45. The molecule has 0 bridgehead atoms. The van der Waals surface area contributed by atoms with Gasteiger partial charge in [-0.05, 0) is 37.3 Å². The topological polar surface area (TPSA) is 125 Å². The first-order valence-corrected chi connectivity index (χ1v) is 12.0. The molecule has 2 aromatic rings. The first-order valence-electron chi connectivity index (χ1n) is 10.5. The van der Waals surface area contributed by atoms with Gasteiger partial charge in [0.2, 0.25) is 15.9 Å². The van der Waals surface area contributed by atoms with Crippen molar-refractivity contribution in [3.63, 3.8) is 0 Å². The van der Waals surface area contributed by atoms with Gasteiger partial charge < -0.3 is 24.8 Å². The standard InChI is InChI=1S/C22H25N3O7S/c1-15-22(28)25(18-4-2-3-5-20(18)32-15)9-8-21(27)23-17-14-16(6-7-19(17)26)33(29,30)24-10-12-31-13-11-24/h2-7,14-15,26H,8-13H2,1H3,(H,23,27)/t15-/m1/s1. The van der Waals surface area contributed by atoms with Crippen LogP contribution in [0.25, 0.3) is 0 Å². The van der Waals surface area contributed by atoms with E-state index in [0.717, 1.165) is 0 Å². The number of nitrogens with zero attached hydrogens (tertiary/aromatic N) is 2. The molecule has 2 aliphatic heterocycles. The second-order valence-corrected chi connectivity index (χ2v) is 9.65. The predicted octanol–water partition coefficient (Wildman–Crippen LogP) is 1.56. The van der Waals surface area contributed by atoms with Crippen molar-refractivity contribution in [3.8, 4) is 11.5 Å². The number of para-hydroxylation sites is 2. The second kappa shape index (κ2) is 9.38. The summed E-state index contributed by atoms with van der Waals surface area (Å²) in [6.07, 6.45) is -0.735. The summed E-state index contributed by atoms with van der Waals surface area (Å²) < 4.78 is 37.8. The Morgan fingerprint density at radius 1 is 1.18 bits per heavy atom. The Morgan fingerprint density at radius 3 is 2.67 bits per heavy atom. The third kappa shape index (κ3) is 4.80. The van der Waals surface area contributed by atoms with Crippen LogP contribution in [0.1, 0.15) is 13.3 Å². The summed E-state index contributed by atoms with van der Waals surface area (Å²) in [6, 6.07) is 10.8. The van der Waals surface area contributed by atoms with Crippen LogP contribution in [0.15, 0.2) is 47.4 Å². The minimum atomic E-state index is -3.79. The van der Waals surface area contributed by atoms with Crippen LogP contribution in [0.5, 0.6) is 11.5 Å². The zero-order valence-corrected chi connectivity index (χ0v) is 18.9. The van der Waals surface area contributed by atoms with E-state index in [1.807, 2.05) is 0 Å². The Balaban J connectivity index is 1.46. The molecule has 0 spiro atoms. The van der Waals surface area contributed by atoms with E-state index < -0.39 is 22.0 Å². The number of ether oxygens (including phenoxy) is 2. The molecule has 2 N–H and O–H groups in total. The lowest BCUT2D eigenvalue weighted by Gasteiger charge is -2.32. The van der Waals surface area contributed by atoms with Crippen molar-refractivity contribution < 1.29 is 32.6 Å². The fourth-order valence-corrected chi connectivity index (χ4v) is 5.16. The van der Waals surface area contributed by atoms with Crippen LogP contribution < -0.4 is 15.0 Å². The van der Waals surface area contributed by atoms with Gasteiger partial charge >= 0.3 is 0 Å². The zero-order valence-electron chi connectivity index (χ0n) is 18.1. The number of fused-ring (bicyclic) bond motifs is 1. The molecule has 1 fully saturated rings. The molecule has 4 rings (SSSR count). The van der Waals surface area contributed by atoms with E-state index in [-0.39, 0.29) is 48.3 Å². The number of aromatic hydroxyl groups is 1. The Kier molecular flexibility index (Phi) is 6.54. The maximum Gasteiger partial charge on any atom is 0.267 e. The Hall–Kier alpha value is -3.15. The monoisotopic (exact) mass is 475 g/mol. The van der Waals surface area contributed by atoms with Gasteiger partial charge in [0.15, 0.2) is 6.10 Å². The summed E-state index contributed by atoms with van der Waals surface area (Å²) in [4.78, 5) is 26.6. The fourth-order valence-electron chi connectivity index (χ4n) is 3.73. The van der Waals surface area contributed by atoms with Crippen LogP contribution in [0.4, 0.5) is 11.4 Å². The number of morpholine rings is 1. The Labute approximate surface area is 191 Å². The van der Waals surface area contributed by atoms with Crippen LogP contribution in [-0.4, -0.2) is 68.6 Å². The highest BCUT2D eigenvalue weighted by atomic mass is 32.2. The number of rotatable bonds is 6. The van der Waals surface area contributed by atoms with Crippen molar-refractivity contribution in [2.75, 3.05) is 43.1 Å². The van der Waals surface area contributed by atoms with Crippen LogP contribution in [-0.2, 0) is 24.3 Å². The van der Waals surface area contributed by atoms with Gasteiger partial charge in [-0.15, -0.1) is 0 Å². The van der Waals surface area contributed by atoms with Gasteiger partial charge in [0.05, 0.1) is 29.5 Å². The van der Waals surface area contributed by atoms with Crippen molar-refractivity contribution in [1.29, 1.82) is 0 Å². The molecule has 2 amide bonds. The molecule has 2 heterocycles. The summed E-state index contributed by atoms with van der Waals surface area (Å²) in [5.41, 5.74) is 0.561. The zero-order chi connectivity index (χ0) is 23.6. The number of benzene rings is 2. The number of phenolic OH excluding ortho intramolecular Hbond substituents is 1. The number of amides is 2. The first-order chi connectivity index (χ1) is 15.8. The molecule has 33 heavy (non-hydrogen) atoms. The van der Waals surface area contributed by atoms with E-state index in [2.05, 4.69) is 5.32 Å². The number of carbonyl (C=O) groups excluding carboxylic acids is 2. The molecule has 0 aliphatic carbocycles. The van der Waals surface area contributed by atoms with E-state index in [9.17, 15) is 23.1 Å². The highest BCUT2D eigenvalue weighted by Crippen LogP contribution is 2.34. The molecular weight excluding hydrogens is 450 g/mol. The minimum Gasteiger partial charge on any atom is -0.506 e. The van der Waals surface area contributed by atoms with Gasteiger partial charge in [-0.1, -0.05) is 12.1 Å². The summed E-state index contributed by atoms with van der Waals surface area (Å²) in [5.74, 6) is -0.437. The SMILES string of the molecule is C[C@H]1Oc2ccccc2N(CCC(=O)Nc2cc(S(=O)(=O)N3CCOCC3)ccc2O)C1=O. The van der Waals surface area contributed by atoms with Crippen LogP contribution in [0.2, 0.25) is 0 Å². The third-order valence-electron chi connectivity index (χ3n) is 5.49. The maximum absolute atomic E-state index is 12.9. The van der Waals surface area contributed by atoms with Crippen molar-refractivity contribution in [1.82, 2.24) is 4.31 Å². The molecule has 176 valence electrons. The second-order valence-electron chi connectivity index (χ2n) is 7.71. The summed E-state index contributed by atoms with van der Waals surface area (Å²) in [7, 11) is -3.79. The molecule has 10 nitrogen and oxygen atoms in total. The molecule has 2 aromatic carbocycles. The number of hydrogen-bond donors (Lipinski definition) is 2. The van der Waals surface area contributed by atoms with E-state index in [4.69, 9.17) is 9.47 Å². The van der Waals surface area contributed by atoms with E-state index >= 15 is 0 Å². The lowest BCUT2D eigenvalue weighted by atomic mass is 10.1. The van der Waals surface area contributed by atoms with Crippen LogP contribution >= 0.6 is 0 Å². The average Bonchev–Trinajstić information content (AvgIpc) is 2.81. The Bertz CT molecular complexity index is 1160. The number of nitrogens with one attached hydrogen (secondary N) is 1. The van der Waals surface area contributed by atoms with Crippen molar-refractivity contribution in [2.45, 2.75) is 24.3 Å². The van der Waals surface area contributed by atoms with Crippen molar-refractivity contribution in [2.24, 2.45) is 0 Å². The number of carbonyl (C=O) groups is 2. The van der Waals surface area contributed by atoms with Gasteiger partial charge in [-0.2, -0.15) is 4.31 Å². The van der Waals surface area contributed by atoms with Crippen molar-refractivity contribution in [3.05, 3.63) is 42.5 Å². The lowest BCUT2D eigenvalue weighted by molar-refractivity contribution is -0.125. The molecule has 0 radical (unpaired) electrons. The van der Waals surface area contributed by atoms with Gasteiger partial charge in [0.1, 0.15) is 11.5 Å². The number of phenols is 1. The van der Waals surface area contributed by atoms with Gasteiger partial charge in [-0.25, -0.2) is 8.42 Å². The molecule has 11 heteroatoms. The molecule has 0 saturated carbocycles. The number of anilines is 2. The quantitative estimate of drug-likeness (QED) is 0.607. The minimum absolute atomic E-state index is 0.0172. The van der Waals surface area contributed by atoms with Gasteiger partial charge in [0, 0.05) is 26.1 Å². The third-order valence-corrected chi connectivity index (χ3v) is 7.38. The van der Waals surface area contributed by atoms with Crippen LogP contribution in [0.3, 0.4) is 0 Å². The largest absolute Gasteiger partial charge is 0.506 e. The van der Waals surface area contributed by atoms with E-state index in [0.29, 0.717) is 24.7 Å².